The van der Waals surface area contributed by atoms with Crippen molar-refractivity contribution in [1.82, 2.24) is 5.32 Å². The van der Waals surface area contributed by atoms with Crippen LogP contribution in [0.3, 0.4) is 0 Å². The minimum Gasteiger partial charge on any atom is -0.395 e. The number of nitrogens with one attached hydrogen (secondary N) is 1. The molecule has 1 unspecified atom stereocenters. The van der Waals surface area contributed by atoms with Gasteiger partial charge in [-0.05, 0) is 32.0 Å². The molecular formula is C16H27FN2O. The van der Waals surface area contributed by atoms with Gasteiger partial charge in [0.1, 0.15) is 5.82 Å². The number of hydrogen-bond donors (Lipinski definition) is 2. The van der Waals surface area contributed by atoms with Crippen molar-refractivity contribution in [3.63, 3.8) is 0 Å². The van der Waals surface area contributed by atoms with E-state index in [9.17, 15) is 9.50 Å². The first-order valence-electron chi connectivity index (χ1n) is 7.53. The van der Waals surface area contributed by atoms with E-state index in [1.165, 1.54) is 6.07 Å². The van der Waals surface area contributed by atoms with Gasteiger partial charge in [-0.3, -0.25) is 0 Å². The SMILES string of the molecule is CCCCN(CCO)c1cccc(F)c1C(C)NCC. The lowest BCUT2D eigenvalue weighted by molar-refractivity contribution is 0.301. The molecule has 0 amide bonds. The third kappa shape index (κ3) is 4.46. The summed E-state index contributed by atoms with van der Waals surface area (Å²) in [7, 11) is 0. The Balaban J connectivity index is 3.09. The highest BCUT2D eigenvalue weighted by Crippen LogP contribution is 2.29. The standard InChI is InChI=1S/C16H27FN2O/c1-4-6-10-19(11-12-20)15-9-7-8-14(17)16(15)13(3)18-5-2/h7-9,13,18,20H,4-6,10-12H2,1-3H3. The second-order valence-corrected chi connectivity index (χ2v) is 5.02. The summed E-state index contributed by atoms with van der Waals surface area (Å²) < 4.78 is 14.2. The van der Waals surface area contributed by atoms with Gasteiger partial charge >= 0.3 is 0 Å². The second kappa shape index (κ2) is 8.93. The van der Waals surface area contributed by atoms with Crippen LogP contribution in [0.15, 0.2) is 18.2 Å². The van der Waals surface area contributed by atoms with Gasteiger partial charge < -0.3 is 15.3 Å². The van der Waals surface area contributed by atoms with E-state index in [2.05, 4.69) is 17.1 Å². The predicted molar refractivity (Wildman–Crippen MR) is 82.7 cm³/mol. The number of aliphatic hydroxyl groups excluding tert-OH is 1. The first-order chi connectivity index (χ1) is 9.65. The van der Waals surface area contributed by atoms with Crippen LogP contribution < -0.4 is 10.2 Å². The van der Waals surface area contributed by atoms with Gasteiger partial charge in [-0.2, -0.15) is 0 Å². The summed E-state index contributed by atoms with van der Waals surface area (Å²) >= 11 is 0. The molecule has 0 radical (unpaired) electrons. The summed E-state index contributed by atoms with van der Waals surface area (Å²) in [4.78, 5) is 2.08. The van der Waals surface area contributed by atoms with E-state index in [4.69, 9.17) is 0 Å². The Hall–Kier alpha value is -1.13. The molecule has 0 aromatic heterocycles. The molecule has 1 atom stereocenters. The lowest BCUT2D eigenvalue weighted by Crippen LogP contribution is -2.30. The molecule has 4 heteroatoms. The molecule has 3 nitrogen and oxygen atoms in total. The fourth-order valence-electron chi connectivity index (χ4n) is 2.46. The lowest BCUT2D eigenvalue weighted by Gasteiger charge is -2.29. The van der Waals surface area contributed by atoms with E-state index in [0.29, 0.717) is 12.1 Å². The number of benzene rings is 1. The fraction of sp³-hybridized carbons (Fsp3) is 0.625. The summed E-state index contributed by atoms with van der Waals surface area (Å²) in [6.45, 7) is 8.37. The predicted octanol–water partition coefficient (Wildman–Crippen LogP) is 3.10. The van der Waals surface area contributed by atoms with Gasteiger partial charge in [0.2, 0.25) is 0 Å². The van der Waals surface area contributed by atoms with E-state index in [1.807, 2.05) is 19.9 Å². The molecule has 2 N–H and O–H groups in total. The lowest BCUT2D eigenvalue weighted by atomic mass is 10.0. The van der Waals surface area contributed by atoms with Gasteiger partial charge in [0, 0.05) is 30.4 Å². The van der Waals surface area contributed by atoms with Crippen molar-refractivity contribution in [2.75, 3.05) is 31.1 Å². The van der Waals surface area contributed by atoms with Crippen molar-refractivity contribution in [1.29, 1.82) is 0 Å². The van der Waals surface area contributed by atoms with Crippen molar-refractivity contribution in [2.45, 2.75) is 39.7 Å². The summed E-state index contributed by atoms with van der Waals surface area (Å²) in [5.41, 5.74) is 1.58. The van der Waals surface area contributed by atoms with Crippen LogP contribution in [-0.2, 0) is 0 Å². The van der Waals surface area contributed by atoms with Crippen LogP contribution in [0.1, 0.15) is 45.2 Å². The smallest absolute Gasteiger partial charge is 0.130 e. The molecule has 0 aliphatic carbocycles. The van der Waals surface area contributed by atoms with E-state index in [-0.39, 0.29) is 18.5 Å². The Bertz CT molecular complexity index is 398. The molecule has 0 bridgehead atoms. The maximum atomic E-state index is 14.2. The molecule has 0 aliphatic heterocycles. The van der Waals surface area contributed by atoms with Crippen LogP contribution in [0.5, 0.6) is 0 Å². The number of hydrogen-bond acceptors (Lipinski definition) is 3. The number of halogens is 1. The van der Waals surface area contributed by atoms with Gasteiger partial charge in [-0.1, -0.05) is 26.3 Å². The van der Waals surface area contributed by atoms with Crippen molar-refractivity contribution in [2.24, 2.45) is 0 Å². The molecule has 0 aliphatic rings. The van der Waals surface area contributed by atoms with Gasteiger partial charge in [0.25, 0.3) is 0 Å². The van der Waals surface area contributed by atoms with E-state index < -0.39 is 0 Å². The maximum absolute atomic E-state index is 14.2. The van der Waals surface area contributed by atoms with Gasteiger partial charge in [0.05, 0.1) is 6.61 Å². The van der Waals surface area contributed by atoms with Crippen molar-refractivity contribution >= 4 is 5.69 Å². The van der Waals surface area contributed by atoms with Crippen LogP contribution in [0.2, 0.25) is 0 Å². The molecule has 114 valence electrons. The molecular weight excluding hydrogens is 255 g/mol. The summed E-state index contributed by atoms with van der Waals surface area (Å²) in [6, 6.07) is 5.14. The molecule has 1 rings (SSSR count). The molecule has 1 aromatic carbocycles. The molecule has 1 aromatic rings. The number of aliphatic hydroxyl groups is 1. The average Bonchev–Trinajstić information content (AvgIpc) is 2.43. The van der Waals surface area contributed by atoms with E-state index in [1.54, 1.807) is 6.07 Å². The van der Waals surface area contributed by atoms with Gasteiger partial charge in [0.15, 0.2) is 0 Å². The van der Waals surface area contributed by atoms with Gasteiger partial charge in [-0.15, -0.1) is 0 Å². The van der Waals surface area contributed by atoms with E-state index >= 15 is 0 Å². The highest BCUT2D eigenvalue weighted by atomic mass is 19.1. The quantitative estimate of drug-likeness (QED) is 0.730. The molecule has 0 saturated heterocycles. The minimum atomic E-state index is -0.185. The third-order valence-corrected chi connectivity index (χ3v) is 3.47. The van der Waals surface area contributed by atoms with Gasteiger partial charge in [-0.25, -0.2) is 4.39 Å². The van der Waals surface area contributed by atoms with Crippen molar-refractivity contribution < 1.29 is 9.50 Å². The second-order valence-electron chi connectivity index (χ2n) is 5.02. The highest BCUT2D eigenvalue weighted by molar-refractivity contribution is 5.55. The molecule has 0 heterocycles. The summed E-state index contributed by atoms with van der Waals surface area (Å²) in [6.07, 6.45) is 2.11. The first-order valence-corrected chi connectivity index (χ1v) is 7.53. The summed E-state index contributed by atoms with van der Waals surface area (Å²) in [5.74, 6) is -0.185. The molecule has 0 saturated carbocycles. The Morgan fingerprint density at radius 3 is 2.65 bits per heavy atom. The third-order valence-electron chi connectivity index (χ3n) is 3.47. The van der Waals surface area contributed by atoms with Crippen LogP contribution in [0.4, 0.5) is 10.1 Å². The normalized spacial score (nSPS) is 12.4. The van der Waals surface area contributed by atoms with Crippen molar-refractivity contribution in [3.8, 4) is 0 Å². The minimum absolute atomic E-state index is 0.0426. The zero-order chi connectivity index (χ0) is 15.0. The first kappa shape index (κ1) is 16.9. The molecule has 0 spiro atoms. The number of nitrogens with zero attached hydrogens (tertiary/aromatic N) is 1. The zero-order valence-corrected chi connectivity index (χ0v) is 12.8. The monoisotopic (exact) mass is 282 g/mol. The summed E-state index contributed by atoms with van der Waals surface area (Å²) in [5, 5.41) is 12.5. The Kier molecular flexibility index (Phi) is 7.55. The molecule has 20 heavy (non-hydrogen) atoms. The van der Waals surface area contributed by atoms with Crippen LogP contribution in [0, 0.1) is 5.82 Å². The Labute approximate surface area is 121 Å². The largest absolute Gasteiger partial charge is 0.395 e. The number of anilines is 1. The Morgan fingerprint density at radius 1 is 1.30 bits per heavy atom. The maximum Gasteiger partial charge on any atom is 0.130 e. The number of unbranched alkanes of at least 4 members (excludes halogenated alkanes) is 1. The average molecular weight is 282 g/mol. The fourth-order valence-corrected chi connectivity index (χ4v) is 2.46. The van der Waals surface area contributed by atoms with Crippen LogP contribution in [-0.4, -0.2) is 31.3 Å². The van der Waals surface area contributed by atoms with Crippen LogP contribution >= 0.6 is 0 Å². The topological polar surface area (TPSA) is 35.5 Å². The van der Waals surface area contributed by atoms with E-state index in [0.717, 1.165) is 31.6 Å². The zero-order valence-electron chi connectivity index (χ0n) is 12.8. The Morgan fingerprint density at radius 2 is 2.05 bits per heavy atom. The highest BCUT2D eigenvalue weighted by Gasteiger charge is 2.18. The molecule has 0 fully saturated rings. The van der Waals surface area contributed by atoms with Crippen LogP contribution in [0.25, 0.3) is 0 Å². The number of rotatable bonds is 9. The van der Waals surface area contributed by atoms with Crippen molar-refractivity contribution in [3.05, 3.63) is 29.6 Å².